The topological polar surface area (TPSA) is 86.8 Å². The molecular formula is C26H27F2N3O4S. The second-order valence-electron chi connectivity index (χ2n) is 7.99. The highest BCUT2D eigenvalue weighted by atomic mass is 32.2. The van der Waals surface area contributed by atoms with E-state index in [1.54, 1.807) is 25.1 Å². The van der Waals surface area contributed by atoms with Crippen molar-refractivity contribution in [2.45, 2.75) is 30.8 Å². The molecule has 0 aliphatic heterocycles. The van der Waals surface area contributed by atoms with Crippen LogP contribution in [0.4, 0.5) is 14.5 Å². The van der Waals surface area contributed by atoms with E-state index in [2.05, 4.69) is 5.32 Å². The van der Waals surface area contributed by atoms with E-state index in [9.17, 15) is 26.8 Å². The van der Waals surface area contributed by atoms with Gasteiger partial charge in [0, 0.05) is 13.6 Å². The predicted octanol–water partition coefficient (Wildman–Crippen LogP) is 3.71. The van der Waals surface area contributed by atoms with Gasteiger partial charge in [-0.05, 0) is 60.5 Å². The number of rotatable bonds is 10. The molecule has 2 amide bonds. The Balaban J connectivity index is 2.02. The summed E-state index contributed by atoms with van der Waals surface area (Å²) in [4.78, 5) is 27.4. The minimum Gasteiger partial charge on any atom is -0.357 e. The molecule has 7 nitrogen and oxygen atoms in total. The summed E-state index contributed by atoms with van der Waals surface area (Å²) in [6, 6.07) is 16.9. The second kappa shape index (κ2) is 11.8. The molecule has 36 heavy (non-hydrogen) atoms. The standard InChI is InChI=1S/C26H27F2N3O4S/c1-3-24(26(33)29-2)30(17-19-9-11-20(27)12-10-19)25(32)18-31(22-7-5-4-6-8-22)36(34,35)23-15-13-21(28)14-16-23/h4-16,24H,3,17-18H2,1-2H3,(H,29,33)/t24-/m0/s1. The molecule has 0 fully saturated rings. The average Bonchev–Trinajstić information content (AvgIpc) is 2.88. The average molecular weight is 516 g/mol. The van der Waals surface area contributed by atoms with Crippen molar-refractivity contribution in [3.63, 3.8) is 0 Å². The Morgan fingerprint density at radius 1 is 0.889 bits per heavy atom. The quantitative estimate of drug-likeness (QED) is 0.446. The Labute approximate surface area is 209 Å². The molecule has 0 aromatic heterocycles. The van der Waals surface area contributed by atoms with Gasteiger partial charge in [0.2, 0.25) is 11.8 Å². The Bertz CT molecular complexity index is 1290. The van der Waals surface area contributed by atoms with Crippen molar-refractivity contribution in [1.82, 2.24) is 10.2 Å². The van der Waals surface area contributed by atoms with Crippen LogP contribution in [0, 0.1) is 11.6 Å². The number of hydrogen-bond donors (Lipinski definition) is 1. The zero-order valence-corrected chi connectivity index (χ0v) is 20.7. The molecule has 0 unspecified atom stereocenters. The van der Waals surface area contributed by atoms with Gasteiger partial charge in [0.1, 0.15) is 24.2 Å². The number of carbonyl (C=O) groups is 2. The first kappa shape index (κ1) is 26.8. The van der Waals surface area contributed by atoms with E-state index >= 15 is 0 Å². The van der Waals surface area contributed by atoms with Crippen LogP contribution < -0.4 is 9.62 Å². The zero-order valence-electron chi connectivity index (χ0n) is 19.9. The van der Waals surface area contributed by atoms with Crippen molar-refractivity contribution in [2.24, 2.45) is 0 Å². The van der Waals surface area contributed by atoms with E-state index in [0.717, 1.165) is 28.6 Å². The minimum atomic E-state index is -4.27. The first-order valence-electron chi connectivity index (χ1n) is 11.3. The number of amides is 2. The van der Waals surface area contributed by atoms with E-state index in [-0.39, 0.29) is 23.5 Å². The van der Waals surface area contributed by atoms with Gasteiger partial charge in [-0.25, -0.2) is 17.2 Å². The number of nitrogens with one attached hydrogen (secondary N) is 1. The SMILES string of the molecule is CC[C@@H](C(=O)NC)N(Cc1ccc(F)cc1)C(=O)CN(c1ccccc1)S(=O)(=O)c1ccc(F)cc1. The fourth-order valence-corrected chi connectivity index (χ4v) is 5.14. The third kappa shape index (κ3) is 6.25. The molecule has 3 rings (SSSR count). The Kier molecular flexibility index (Phi) is 8.76. The minimum absolute atomic E-state index is 0.0374. The predicted molar refractivity (Wildman–Crippen MR) is 132 cm³/mol. The maximum absolute atomic E-state index is 13.7. The van der Waals surface area contributed by atoms with Crippen LogP contribution in [-0.4, -0.2) is 44.8 Å². The maximum Gasteiger partial charge on any atom is 0.264 e. The van der Waals surface area contributed by atoms with Gasteiger partial charge in [0.15, 0.2) is 0 Å². The number of para-hydroxylation sites is 1. The molecule has 0 saturated heterocycles. The summed E-state index contributed by atoms with van der Waals surface area (Å²) in [6.45, 7) is 1.08. The normalized spacial score (nSPS) is 12.0. The number of anilines is 1. The van der Waals surface area contributed by atoms with Crippen molar-refractivity contribution in [1.29, 1.82) is 0 Å². The third-order valence-electron chi connectivity index (χ3n) is 5.62. The van der Waals surface area contributed by atoms with Gasteiger partial charge in [0.25, 0.3) is 10.0 Å². The van der Waals surface area contributed by atoms with Gasteiger partial charge in [-0.3, -0.25) is 13.9 Å². The van der Waals surface area contributed by atoms with Crippen molar-refractivity contribution in [2.75, 3.05) is 17.9 Å². The first-order chi connectivity index (χ1) is 17.2. The Morgan fingerprint density at radius 2 is 1.44 bits per heavy atom. The highest BCUT2D eigenvalue weighted by molar-refractivity contribution is 7.92. The summed E-state index contributed by atoms with van der Waals surface area (Å²) in [5.41, 5.74) is 0.796. The van der Waals surface area contributed by atoms with E-state index in [0.29, 0.717) is 5.56 Å². The zero-order chi connectivity index (χ0) is 26.3. The smallest absolute Gasteiger partial charge is 0.264 e. The molecule has 0 radical (unpaired) electrons. The summed E-state index contributed by atoms with van der Waals surface area (Å²) < 4.78 is 54.9. The number of hydrogen-bond acceptors (Lipinski definition) is 4. The van der Waals surface area contributed by atoms with Crippen LogP contribution in [0.15, 0.2) is 83.8 Å². The van der Waals surface area contributed by atoms with Gasteiger partial charge in [-0.15, -0.1) is 0 Å². The number of sulfonamides is 1. The lowest BCUT2D eigenvalue weighted by Gasteiger charge is -2.33. The maximum atomic E-state index is 13.7. The Morgan fingerprint density at radius 3 is 1.97 bits per heavy atom. The number of benzene rings is 3. The number of likely N-dealkylation sites (N-methyl/N-ethyl adjacent to an activating group) is 1. The van der Waals surface area contributed by atoms with Crippen LogP contribution in [-0.2, 0) is 26.2 Å². The number of halogens is 2. The lowest BCUT2D eigenvalue weighted by atomic mass is 10.1. The second-order valence-corrected chi connectivity index (χ2v) is 9.85. The van der Waals surface area contributed by atoms with Gasteiger partial charge in [-0.1, -0.05) is 37.3 Å². The summed E-state index contributed by atoms with van der Waals surface area (Å²) in [5, 5.41) is 2.53. The van der Waals surface area contributed by atoms with Crippen molar-refractivity contribution in [3.8, 4) is 0 Å². The lowest BCUT2D eigenvalue weighted by Crippen LogP contribution is -2.51. The molecule has 10 heteroatoms. The molecule has 0 saturated carbocycles. The number of nitrogens with zero attached hydrogens (tertiary/aromatic N) is 2. The highest BCUT2D eigenvalue weighted by Crippen LogP contribution is 2.25. The largest absolute Gasteiger partial charge is 0.357 e. The summed E-state index contributed by atoms with van der Waals surface area (Å²) in [7, 11) is -2.82. The van der Waals surface area contributed by atoms with E-state index in [1.807, 2.05) is 0 Å². The van der Waals surface area contributed by atoms with Crippen LogP contribution in [0.1, 0.15) is 18.9 Å². The van der Waals surface area contributed by atoms with Crippen LogP contribution in [0.5, 0.6) is 0 Å². The molecule has 0 heterocycles. The van der Waals surface area contributed by atoms with Crippen molar-refractivity contribution in [3.05, 3.63) is 96.1 Å². The number of carbonyl (C=O) groups excluding carboxylic acids is 2. The summed E-state index contributed by atoms with van der Waals surface area (Å²) >= 11 is 0. The van der Waals surface area contributed by atoms with Gasteiger partial charge in [-0.2, -0.15) is 0 Å². The highest BCUT2D eigenvalue weighted by Gasteiger charge is 2.33. The molecule has 190 valence electrons. The molecule has 1 atom stereocenters. The monoisotopic (exact) mass is 515 g/mol. The van der Waals surface area contributed by atoms with E-state index in [4.69, 9.17) is 0 Å². The van der Waals surface area contributed by atoms with Gasteiger partial charge < -0.3 is 10.2 Å². The van der Waals surface area contributed by atoms with Gasteiger partial charge >= 0.3 is 0 Å². The van der Waals surface area contributed by atoms with E-state index < -0.39 is 46.1 Å². The fraction of sp³-hybridized carbons (Fsp3) is 0.231. The van der Waals surface area contributed by atoms with E-state index in [1.165, 1.54) is 48.3 Å². The Hall–Kier alpha value is -3.79. The molecule has 1 N–H and O–H groups in total. The molecule has 3 aromatic rings. The molecule has 3 aromatic carbocycles. The van der Waals surface area contributed by atoms with Crippen LogP contribution in [0.25, 0.3) is 0 Å². The molecule has 0 aliphatic carbocycles. The molecular weight excluding hydrogens is 488 g/mol. The van der Waals surface area contributed by atoms with Crippen LogP contribution >= 0.6 is 0 Å². The fourth-order valence-electron chi connectivity index (χ4n) is 3.73. The van der Waals surface area contributed by atoms with Crippen LogP contribution in [0.3, 0.4) is 0 Å². The lowest BCUT2D eigenvalue weighted by molar-refractivity contribution is -0.140. The first-order valence-corrected chi connectivity index (χ1v) is 12.7. The summed E-state index contributed by atoms with van der Waals surface area (Å²) in [5.74, 6) is -2.10. The molecule has 0 spiro atoms. The van der Waals surface area contributed by atoms with Gasteiger partial charge in [0.05, 0.1) is 10.6 Å². The van der Waals surface area contributed by atoms with Crippen molar-refractivity contribution >= 4 is 27.5 Å². The molecule has 0 bridgehead atoms. The summed E-state index contributed by atoms with van der Waals surface area (Å²) in [6.07, 6.45) is 0.267. The molecule has 0 aliphatic rings. The van der Waals surface area contributed by atoms with Crippen molar-refractivity contribution < 1.29 is 26.8 Å². The third-order valence-corrected chi connectivity index (χ3v) is 7.41. The van der Waals surface area contributed by atoms with Crippen LogP contribution in [0.2, 0.25) is 0 Å².